The number of para-hydroxylation sites is 2. The number of aryl methyl sites for hydroxylation is 1. The van der Waals surface area contributed by atoms with Gasteiger partial charge in [-0.3, -0.25) is 4.57 Å². The van der Waals surface area contributed by atoms with E-state index in [-0.39, 0.29) is 0 Å². The molecular weight excluding hydrogens is 564 g/mol. The number of hydrogen-bond acceptors (Lipinski definition) is 3. The van der Waals surface area contributed by atoms with Gasteiger partial charge in [-0.05, 0) is 71.8 Å². The summed E-state index contributed by atoms with van der Waals surface area (Å²) < 4.78 is 23.1. The number of benzene rings is 5. The van der Waals surface area contributed by atoms with E-state index >= 15 is 4.39 Å². The molecule has 9 aromatic rings. The quantitative estimate of drug-likeness (QED) is 0.205. The summed E-state index contributed by atoms with van der Waals surface area (Å²) in [5, 5.41) is 4.74. The van der Waals surface area contributed by atoms with Gasteiger partial charge in [-0.15, -0.1) is 11.3 Å². The fourth-order valence-corrected chi connectivity index (χ4v) is 7.70. The van der Waals surface area contributed by atoms with Crippen molar-refractivity contribution in [3.05, 3.63) is 139 Å². The van der Waals surface area contributed by atoms with Crippen LogP contribution in [0, 0.1) is 0 Å². The molecule has 0 spiro atoms. The molecule has 4 heterocycles. The molecule has 0 aliphatic heterocycles. The molecule has 0 radical (unpaired) electrons. The second kappa shape index (κ2) is 9.59. The lowest BCUT2D eigenvalue weighted by Crippen LogP contribution is -2.00. The molecule has 0 aliphatic carbocycles. The average Bonchev–Trinajstić information content (AvgIpc) is 3.72. The van der Waals surface area contributed by atoms with Crippen molar-refractivity contribution in [2.24, 2.45) is 7.05 Å². The van der Waals surface area contributed by atoms with Gasteiger partial charge in [-0.1, -0.05) is 60.7 Å². The summed E-state index contributed by atoms with van der Waals surface area (Å²) in [4.78, 5) is 9.63. The largest absolute Gasteiger partial charge is 0.327 e. The van der Waals surface area contributed by atoms with Gasteiger partial charge in [0.15, 0.2) is 6.17 Å². The number of thiophene rings is 1. The summed E-state index contributed by atoms with van der Waals surface area (Å²) in [6.45, 7) is 0. The Kier molecular flexibility index (Phi) is 5.49. The molecule has 4 aromatic heterocycles. The van der Waals surface area contributed by atoms with Gasteiger partial charge in [-0.25, -0.2) is 14.4 Å². The van der Waals surface area contributed by atoms with Crippen molar-refractivity contribution < 1.29 is 4.39 Å². The first-order valence-electron chi connectivity index (χ1n) is 14.6. The topological polar surface area (TPSA) is 35.6 Å². The first-order chi connectivity index (χ1) is 21.6. The molecule has 0 amide bonds. The Hall–Kier alpha value is -5.33. The molecule has 44 heavy (non-hydrogen) atoms. The number of fused-ring (bicyclic) bond motifs is 7. The van der Waals surface area contributed by atoms with Crippen LogP contribution in [0.5, 0.6) is 0 Å². The van der Waals surface area contributed by atoms with Crippen LogP contribution in [0.4, 0.5) is 4.39 Å². The van der Waals surface area contributed by atoms with Crippen LogP contribution >= 0.6 is 11.3 Å². The lowest BCUT2D eigenvalue weighted by atomic mass is 10.00. The molecule has 0 bridgehead atoms. The van der Waals surface area contributed by atoms with E-state index in [1.54, 1.807) is 11.3 Å². The van der Waals surface area contributed by atoms with Crippen molar-refractivity contribution in [1.82, 2.24) is 19.1 Å². The monoisotopic (exact) mass is 588 g/mol. The standard InChI is InChI=1S/C38H25FN4S/c1-42-32-16-4-3-15-31(32)41-37(42)25-11-6-9-23(19-25)36(39)24-10-7-12-26(20-24)43-33-22-35-30(27-13-2-5-17-34(27)44-35)21-29(33)28-14-8-18-40-38(28)43/h2-22,36H,1H3. The Labute approximate surface area is 256 Å². The van der Waals surface area contributed by atoms with Crippen LogP contribution in [-0.2, 0) is 7.05 Å². The van der Waals surface area contributed by atoms with E-state index in [4.69, 9.17) is 9.97 Å². The number of rotatable bonds is 4. The molecule has 1 unspecified atom stereocenters. The number of imidazole rings is 1. The summed E-state index contributed by atoms with van der Waals surface area (Å²) in [6.07, 6.45) is 0.518. The number of halogens is 1. The second-order valence-electron chi connectivity index (χ2n) is 11.2. The van der Waals surface area contributed by atoms with Crippen molar-refractivity contribution >= 4 is 64.5 Å². The summed E-state index contributed by atoms with van der Waals surface area (Å²) >= 11 is 1.80. The van der Waals surface area contributed by atoms with Crippen LogP contribution in [0.3, 0.4) is 0 Å². The first kappa shape index (κ1) is 25.2. The molecule has 210 valence electrons. The molecule has 0 fully saturated rings. The average molecular weight is 589 g/mol. The molecule has 0 N–H and O–H groups in total. The van der Waals surface area contributed by atoms with Crippen LogP contribution in [0.2, 0.25) is 0 Å². The molecule has 0 saturated heterocycles. The summed E-state index contributed by atoms with van der Waals surface area (Å²) in [6, 6.07) is 40.7. The van der Waals surface area contributed by atoms with Crippen molar-refractivity contribution in [1.29, 1.82) is 0 Å². The van der Waals surface area contributed by atoms with Crippen LogP contribution in [0.1, 0.15) is 17.3 Å². The molecule has 4 nitrogen and oxygen atoms in total. The van der Waals surface area contributed by atoms with E-state index < -0.39 is 6.17 Å². The normalized spacial score (nSPS) is 12.7. The third kappa shape index (κ3) is 3.74. The Morgan fingerprint density at radius 1 is 0.659 bits per heavy atom. The van der Waals surface area contributed by atoms with Crippen molar-refractivity contribution in [2.75, 3.05) is 0 Å². The highest BCUT2D eigenvalue weighted by molar-refractivity contribution is 7.25. The lowest BCUT2D eigenvalue weighted by molar-refractivity contribution is 0.402. The smallest absolute Gasteiger partial charge is 0.150 e. The van der Waals surface area contributed by atoms with Gasteiger partial charge in [0.25, 0.3) is 0 Å². The van der Waals surface area contributed by atoms with E-state index in [9.17, 15) is 0 Å². The molecule has 5 aromatic carbocycles. The first-order valence-corrected chi connectivity index (χ1v) is 15.4. The van der Waals surface area contributed by atoms with Crippen molar-refractivity contribution in [3.8, 4) is 17.1 Å². The third-order valence-corrected chi connectivity index (χ3v) is 9.80. The predicted molar refractivity (Wildman–Crippen MR) is 181 cm³/mol. The van der Waals surface area contributed by atoms with E-state index in [2.05, 4.69) is 57.7 Å². The molecule has 6 heteroatoms. The highest BCUT2D eigenvalue weighted by Crippen LogP contribution is 2.40. The minimum absolute atomic E-state index is 0.596. The van der Waals surface area contributed by atoms with Crippen LogP contribution in [0.15, 0.2) is 128 Å². The minimum atomic E-state index is -1.31. The van der Waals surface area contributed by atoms with Gasteiger partial charge in [0.1, 0.15) is 11.5 Å². The Balaban J connectivity index is 1.17. The zero-order chi connectivity index (χ0) is 29.4. The van der Waals surface area contributed by atoms with E-state index in [0.717, 1.165) is 50.0 Å². The predicted octanol–water partition coefficient (Wildman–Crippen LogP) is 10.2. The number of pyridine rings is 1. The molecular formula is C38H25FN4S. The van der Waals surface area contributed by atoms with Gasteiger partial charge in [0, 0.05) is 55.4 Å². The molecule has 0 saturated carbocycles. The third-order valence-electron chi connectivity index (χ3n) is 8.67. The fraction of sp³-hybridized carbons (Fsp3) is 0.0526. The van der Waals surface area contributed by atoms with E-state index in [1.165, 1.54) is 20.2 Å². The maximum Gasteiger partial charge on any atom is 0.150 e. The molecule has 0 aliphatic rings. The van der Waals surface area contributed by atoms with Gasteiger partial charge in [0.2, 0.25) is 0 Å². The minimum Gasteiger partial charge on any atom is -0.327 e. The Morgan fingerprint density at radius 3 is 2.36 bits per heavy atom. The number of alkyl halides is 1. The number of aromatic nitrogens is 4. The maximum atomic E-state index is 16.4. The lowest BCUT2D eigenvalue weighted by Gasteiger charge is -2.14. The summed E-state index contributed by atoms with van der Waals surface area (Å²) in [5.74, 6) is 0.818. The SMILES string of the molecule is Cn1c(-c2cccc(C(F)c3cccc(-n4c5cc6sc7ccccc7c6cc5c5cccnc54)c3)c2)nc2ccccc21. The molecule has 1 atom stereocenters. The van der Waals surface area contributed by atoms with Gasteiger partial charge >= 0.3 is 0 Å². The maximum absolute atomic E-state index is 16.4. The van der Waals surface area contributed by atoms with Crippen LogP contribution in [0.25, 0.3) is 70.2 Å². The number of nitrogens with zero attached hydrogens (tertiary/aromatic N) is 4. The van der Waals surface area contributed by atoms with Crippen molar-refractivity contribution in [3.63, 3.8) is 0 Å². The van der Waals surface area contributed by atoms with Crippen LogP contribution < -0.4 is 0 Å². The Bertz CT molecular complexity index is 2550. The molecule has 9 rings (SSSR count). The van der Waals surface area contributed by atoms with Crippen molar-refractivity contribution in [2.45, 2.75) is 6.17 Å². The van der Waals surface area contributed by atoms with Gasteiger partial charge in [-0.2, -0.15) is 0 Å². The van der Waals surface area contributed by atoms with Gasteiger partial charge in [0.05, 0.1) is 16.6 Å². The summed E-state index contributed by atoms with van der Waals surface area (Å²) in [5.41, 5.74) is 6.86. The Morgan fingerprint density at radius 2 is 1.45 bits per heavy atom. The van der Waals surface area contributed by atoms with E-state index in [0.29, 0.717) is 11.1 Å². The second-order valence-corrected chi connectivity index (χ2v) is 12.3. The highest BCUT2D eigenvalue weighted by atomic mass is 32.1. The highest BCUT2D eigenvalue weighted by Gasteiger charge is 2.19. The summed E-state index contributed by atoms with van der Waals surface area (Å²) in [7, 11) is 2.00. The number of hydrogen-bond donors (Lipinski definition) is 0. The van der Waals surface area contributed by atoms with E-state index in [1.807, 2.05) is 86.0 Å². The van der Waals surface area contributed by atoms with Gasteiger partial charge < -0.3 is 4.57 Å². The zero-order valence-electron chi connectivity index (χ0n) is 23.8. The van der Waals surface area contributed by atoms with Crippen LogP contribution in [-0.4, -0.2) is 19.1 Å². The fourth-order valence-electron chi connectivity index (χ4n) is 6.58. The zero-order valence-corrected chi connectivity index (χ0v) is 24.6.